The number of fused-ring (bicyclic) bond motifs is 3. The number of amides is 2. The molecule has 1 aliphatic heterocycles. The predicted octanol–water partition coefficient (Wildman–Crippen LogP) is 5.08. The van der Waals surface area contributed by atoms with E-state index >= 15 is 0 Å². The van der Waals surface area contributed by atoms with E-state index in [1.54, 1.807) is 11.0 Å². The Labute approximate surface area is 184 Å². The minimum absolute atomic E-state index is 0.0666. The number of benzene rings is 2. The van der Waals surface area contributed by atoms with Crippen LogP contribution in [0.1, 0.15) is 31.1 Å². The molecule has 31 heavy (non-hydrogen) atoms. The quantitative estimate of drug-likeness (QED) is 0.590. The third kappa shape index (κ3) is 4.29. The number of rotatable bonds is 4. The highest BCUT2D eigenvalue weighted by molar-refractivity contribution is 6.31. The lowest BCUT2D eigenvalue weighted by Crippen LogP contribution is -2.44. The number of urea groups is 1. The first-order valence-corrected chi connectivity index (χ1v) is 10.5. The summed E-state index contributed by atoms with van der Waals surface area (Å²) in [5.74, 6) is -0.370. The molecule has 6 nitrogen and oxygen atoms in total. The summed E-state index contributed by atoms with van der Waals surface area (Å²) in [6.45, 7) is 5.07. The molecule has 0 unspecified atom stereocenters. The molecule has 2 N–H and O–H groups in total. The number of H-pyrrole nitrogens is 1. The van der Waals surface area contributed by atoms with Crippen LogP contribution in [0.25, 0.3) is 10.8 Å². The third-order valence-corrected chi connectivity index (χ3v) is 5.57. The van der Waals surface area contributed by atoms with Crippen LogP contribution >= 0.6 is 11.6 Å². The maximum absolute atomic E-state index is 13.5. The van der Waals surface area contributed by atoms with Crippen molar-refractivity contribution in [3.63, 3.8) is 0 Å². The van der Waals surface area contributed by atoms with E-state index in [4.69, 9.17) is 16.3 Å². The first-order chi connectivity index (χ1) is 14.8. The SMILES string of the molecule is CC(C)CN(C(=O)Nc1ccc(F)c(Cl)c1)[C@H]1COCc2[nH]c(=O)c3ccccc3c21. The van der Waals surface area contributed by atoms with Gasteiger partial charge in [-0.15, -0.1) is 0 Å². The Balaban J connectivity index is 1.76. The fourth-order valence-electron chi connectivity index (χ4n) is 3.96. The van der Waals surface area contributed by atoms with Gasteiger partial charge in [0, 0.05) is 28.9 Å². The first kappa shape index (κ1) is 21.3. The second-order valence-electron chi connectivity index (χ2n) is 8.03. The fourth-order valence-corrected chi connectivity index (χ4v) is 4.14. The zero-order valence-electron chi connectivity index (χ0n) is 17.2. The second kappa shape index (κ2) is 8.69. The smallest absolute Gasteiger partial charge is 0.322 e. The van der Waals surface area contributed by atoms with Gasteiger partial charge in [-0.05, 0) is 35.6 Å². The Bertz CT molecular complexity index is 1190. The number of nitrogens with zero attached hydrogens (tertiary/aromatic N) is 1. The molecule has 2 aromatic carbocycles. The number of hydrogen-bond donors (Lipinski definition) is 2. The molecule has 3 aromatic rings. The van der Waals surface area contributed by atoms with E-state index < -0.39 is 11.9 Å². The number of aromatic nitrogens is 1. The zero-order chi connectivity index (χ0) is 22.1. The number of hydrogen-bond acceptors (Lipinski definition) is 3. The average Bonchev–Trinajstić information content (AvgIpc) is 2.74. The Morgan fingerprint density at radius 3 is 2.74 bits per heavy atom. The molecule has 1 atom stereocenters. The van der Waals surface area contributed by atoms with Crippen LogP contribution in [-0.2, 0) is 11.3 Å². The van der Waals surface area contributed by atoms with E-state index in [1.807, 2.05) is 32.0 Å². The van der Waals surface area contributed by atoms with Gasteiger partial charge < -0.3 is 19.9 Å². The average molecular weight is 444 g/mol. The molecule has 0 radical (unpaired) electrons. The Morgan fingerprint density at radius 2 is 2.03 bits per heavy atom. The number of ether oxygens (including phenoxy) is 1. The highest BCUT2D eigenvalue weighted by Crippen LogP contribution is 2.34. The minimum atomic E-state index is -0.552. The Hall–Kier alpha value is -2.90. The van der Waals surface area contributed by atoms with Crippen molar-refractivity contribution in [2.45, 2.75) is 26.5 Å². The van der Waals surface area contributed by atoms with Crippen LogP contribution in [0.15, 0.2) is 47.3 Å². The molecule has 0 fully saturated rings. The zero-order valence-corrected chi connectivity index (χ0v) is 18.0. The van der Waals surface area contributed by atoms with E-state index in [9.17, 15) is 14.0 Å². The van der Waals surface area contributed by atoms with Gasteiger partial charge in [-0.3, -0.25) is 4.79 Å². The normalized spacial score (nSPS) is 15.7. The standard InChI is InChI=1S/C23H23ClFN3O3/c1-13(2)10-28(23(30)26-14-7-8-18(25)17(24)9-14)20-12-31-11-19-21(20)15-5-3-4-6-16(15)22(29)27-19/h3-9,13,20H,10-12H2,1-2H3,(H,26,30)(H,27,29)/t20-/m0/s1. The van der Waals surface area contributed by atoms with Crippen LogP contribution in [0.4, 0.5) is 14.9 Å². The van der Waals surface area contributed by atoms with Crippen LogP contribution < -0.4 is 10.9 Å². The van der Waals surface area contributed by atoms with Crippen molar-refractivity contribution in [1.29, 1.82) is 0 Å². The second-order valence-corrected chi connectivity index (χ2v) is 8.44. The van der Waals surface area contributed by atoms with Crippen LogP contribution in [0.2, 0.25) is 5.02 Å². The highest BCUT2D eigenvalue weighted by Gasteiger charge is 2.33. The lowest BCUT2D eigenvalue weighted by molar-refractivity contribution is 0.0425. The van der Waals surface area contributed by atoms with Crippen molar-refractivity contribution in [3.05, 3.63) is 74.9 Å². The molecule has 0 spiro atoms. The predicted molar refractivity (Wildman–Crippen MR) is 119 cm³/mol. The van der Waals surface area contributed by atoms with Gasteiger partial charge in [0.25, 0.3) is 5.56 Å². The van der Waals surface area contributed by atoms with Crippen LogP contribution in [0.3, 0.4) is 0 Å². The number of aromatic amines is 1. The number of pyridine rings is 1. The first-order valence-electron chi connectivity index (χ1n) is 10.1. The fraction of sp³-hybridized carbons (Fsp3) is 0.304. The lowest BCUT2D eigenvalue weighted by atomic mass is 9.95. The topological polar surface area (TPSA) is 74.4 Å². The molecule has 0 saturated carbocycles. The molecule has 1 aliphatic rings. The maximum Gasteiger partial charge on any atom is 0.322 e. The Morgan fingerprint density at radius 1 is 1.29 bits per heavy atom. The molecule has 8 heteroatoms. The van der Waals surface area contributed by atoms with Crippen LogP contribution in [-0.4, -0.2) is 29.1 Å². The van der Waals surface area contributed by atoms with Gasteiger partial charge in [0.1, 0.15) is 5.82 Å². The monoisotopic (exact) mass is 443 g/mol. The van der Waals surface area contributed by atoms with E-state index in [0.29, 0.717) is 29.9 Å². The lowest BCUT2D eigenvalue weighted by Gasteiger charge is -2.37. The van der Waals surface area contributed by atoms with Gasteiger partial charge in [-0.25, -0.2) is 9.18 Å². The summed E-state index contributed by atoms with van der Waals surface area (Å²) in [5, 5.41) is 4.12. The summed E-state index contributed by atoms with van der Waals surface area (Å²) in [4.78, 5) is 30.4. The summed E-state index contributed by atoms with van der Waals surface area (Å²) in [5.41, 5.74) is 1.77. The molecule has 0 aliphatic carbocycles. The van der Waals surface area contributed by atoms with Crippen LogP contribution in [0, 0.1) is 11.7 Å². The van der Waals surface area contributed by atoms with Crippen molar-refractivity contribution in [2.75, 3.05) is 18.5 Å². The third-order valence-electron chi connectivity index (χ3n) is 5.28. The molecular weight excluding hydrogens is 421 g/mol. The minimum Gasteiger partial charge on any atom is -0.373 e. The van der Waals surface area contributed by atoms with Gasteiger partial charge in [0.15, 0.2) is 0 Å². The van der Waals surface area contributed by atoms with Crippen LogP contribution in [0.5, 0.6) is 0 Å². The van der Waals surface area contributed by atoms with Gasteiger partial charge in [0.2, 0.25) is 0 Å². The van der Waals surface area contributed by atoms with Crippen molar-refractivity contribution in [1.82, 2.24) is 9.88 Å². The van der Waals surface area contributed by atoms with E-state index in [1.165, 1.54) is 18.2 Å². The summed E-state index contributed by atoms with van der Waals surface area (Å²) >= 11 is 5.86. The molecule has 162 valence electrons. The number of anilines is 1. The molecule has 1 aromatic heterocycles. The van der Waals surface area contributed by atoms with E-state index in [-0.39, 0.29) is 29.1 Å². The van der Waals surface area contributed by atoms with Gasteiger partial charge in [-0.2, -0.15) is 0 Å². The summed E-state index contributed by atoms with van der Waals surface area (Å²) in [7, 11) is 0. The number of nitrogens with one attached hydrogen (secondary N) is 2. The van der Waals surface area contributed by atoms with Crippen molar-refractivity contribution >= 4 is 34.1 Å². The number of carbonyl (C=O) groups excluding carboxylic acids is 1. The summed E-state index contributed by atoms with van der Waals surface area (Å²) < 4.78 is 19.3. The summed E-state index contributed by atoms with van der Waals surface area (Å²) in [6.07, 6.45) is 0. The Kier molecular flexibility index (Phi) is 5.98. The molecule has 0 bridgehead atoms. The van der Waals surface area contributed by atoms with E-state index in [2.05, 4.69) is 10.3 Å². The van der Waals surface area contributed by atoms with Crippen molar-refractivity contribution < 1.29 is 13.9 Å². The molecule has 2 heterocycles. The molecular formula is C23H23ClFN3O3. The van der Waals surface area contributed by atoms with Crippen molar-refractivity contribution in [2.24, 2.45) is 5.92 Å². The highest BCUT2D eigenvalue weighted by atomic mass is 35.5. The largest absolute Gasteiger partial charge is 0.373 e. The number of halogens is 2. The van der Waals surface area contributed by atoms with Crippen molar-refractivity contribution in [3.8, 4) is 0 Å². The molecule has 0 saturated heterocycles. The maximum atomic E-state index is 13.5. The van der Waals surface area contributed by atoms with Gasteiger partial charge in [-0.1, -0.05) is 43.6 Å². The van der Waals surface area contributed by atoms with E-state index in [0.717, 1.165) is 10.9 Å². The number of carbonyl (C=O) groups is 1. The molecule has 4 rings (SSSR count). The van der Waals surface area contributed by atoms with Gasteiger partial charge in [0.05, 0.1) is 24.3 Å². The summed E-state index contributed by atoms with van der Waals surface area (Å²) in [6, 6.07) is 10.7. The van der Waals surface area contributed by atoms with Gasteiger partial charge >= 0.3 is 6.03 Å². The molecule has 2 amide bonds.